The predicted molar refractivity (Wildman–Crippen MR) is 123 cm³/mol. The van der Waals surface area contributed by atoms with Crippen molar-refractivity contribution in [2.24, 2.45) is 23.0 Å². The molecule has 2 unspecified atom stereocenters. The minimum absolute atomic E-state index is 0.0139. The Morgan fingerprint density at radius 2 is 1.84 bits per heavy atom. The minimum Gasteiger partial charge on any atom is -0.512 e. The van der Waals surface area contributed by atoms with Gasteiger partial charge in [0.05, 0.1) is 42.5 Å². The highest BCUT2D eigenvalue weighted by molar-refractivity contribution is 6.18. The van der Waals surface area contributed by atoms with Crippen molar-refractivity contribution in [3.8, 4) is 0 Å². The highest BCUT2D eigenvalue weighted by atomic mass is 16.7. The van der Waals surface area contributed by atoms with Crippen LogP contribution in [0.5, 0.6) is 0 Å². The number of ketones is 3. The molecule has 0 radical (unpaired) electrons. The van der Waals surface area contributed by atoms with Crippen molar-refractivity contribution in [3.05, 3.63) is 22.6 Å². The van der Waals surface area contributed by atoms with Crippen molar-refractivity contribution in [1.82, 2.24) is 9.80 Å². The number of carbonyl (C=O) groups is 4. The molecule has 4 N–H and O–H groups in total. The van der Waals surface area contributed by atoms with E-state index in [4.69, 9.17) is 19.9 Å². The molecule has 3 saturated heterocycles. The van der Waals surface area contributed by atoms with Crippen LogP contribution < -0.4 is 5.73 Å². The maximum atomic E-state index is 14.2. The zero-order chi connectivity index (χ0) is 26.7. The van der Waals surface area contributed by atoms with Gasteiger partial charge < -0.3 is 35.1 Å². The van der Waals surface area contributed by atoms with E-state index >= 15 is 0 Å². The number of aliphatic hydroxyl groups is 2. The molecule has 12 nitrogen and oxygen atoms in total. The van der Waals surface area contributed by atoms with Crippen LogP contribution in [0.15, 0.2) is 22.6 Å². The SMILES string of the molecule is CN1[C@H]2[C@@H]1CN1C3=C(C(=O)C4(OCCO4)C(CC4=C(O)CC(C)(C)CC4=O)C3=O)[C@H](COC(N)=O)[C@@]21O. The second kappa shape index (κ2) is 7.62. The van der Waals surface area contributed by atoms with Gasteiger partial charge in [0.15, 0.2) is 17.3 Å². The van der Waals surface area contributed by atoms with Crippen LogP contribution in [0, 0.1) is 17.3 Å². The first kappa shape index (κ1) is 24.5. The summed E-state index contributed by atoms with van der Waals surface area (Å²) < 4.78 is 16.7. The van der Waals surface area contributed by atoms with Gasteiger partial charge in [-0.15, -0.1) is 0 Å². The number of nitrogens with zero attached hydrogens (tertiary/aromatic N) is 2. The second-order valence-electron chi connectivity index (χ2n) is 11.7. The maximum absolute atomic E-state index is 14.2. The molecule has 200 valence electrons. The van der Waals surface area contributed by atoms with Crippen molar-refractivity contribution >= 4 is 23.4 Å². The molecule has 1 amide bonds. The largest absolute Gasteiger partial charge is 0.512 e. The molecule has 1 spiro atoms. The number of carbonyl (C=O) groups excluding carboxylic acids is 4. The van der Waals surface area contributed by atoms with Crippen molar-refractivity contribution in [3.63, 3.8) is 0 Å². The van der Waals surface area contributed by atoms with E-state index in [1.54, 1.807) is 0 Å². The fraction of sp³-hybridized carbons (Fsp3) is 0.680. The summed E-state index contributed by atoms with van der Waals surface area (Å²) >= 11 is 0. The quantitative estimate of drug-likeness (QED) is 0.421. The number of allylic oxidation sites excluding steroid dienone is 3. The van der Waals surface area contributed by atoms with Gasteiger partial charge in [0.2, 0.25) is 11.6 Å². The number of hydrogen-bond donors (Lipinski definition) is 3. The molecule has 4 heterocycles. The fourth-order valence-corrected chi connectivity index (χ4v) is 7.23. The lowest BCUT2D eigenvalue weighted by Gasteiger charge is -2.40. The average Bonchev–Trinajstić information content (AvgIpc) is 3.11. The van der Waals surface area contributed by atoms with Crippen LogP contribution in [-0.4, -0.2) is 100 Å². The molecule has 4 aliphatic heterocycles. The zero-order valence-corrected chi connectivity index (χ0v) is 21.0. The van der Waals surface area contributed by atoms with Gasteiger partial charge in [-0.25, -0.2) is 4.79 Å². The van der Waals surface area contributed by atoms with Crippen LogP contribution in [0.25, 0.3) is 0 Å². The number of rotatable bonds is 4. The van der Waals surface area contributed by atoms with E-state index in [9.17, 15) is 29.4 Å². The highest BCUT2D eigenvalue weighted by Crippen LogP contribution is 2.59. The Labute approximate surface area is 213 Å². The summed E-state index contributed by atoms with van der Waals surface area (Å²) in [5, 5.41) is 22.7. The summed E-state index contributed by atoms with van der Waals surface area (Å²) in [4.78, 5) is 56.3. The molecule has 2 aliphatic carbocycles. The molecule has 0 aromatic rings. The topological polar surface area (TPSA) is 169 Å². The normalized spacial score (nSPS) is 39.3. The molecular weight excluding hydrogens is 486 g/mol. The summed E-state index contributed by atoms with van der Waals surface area (Å²) in [6.45, 7) is 3.74. The van der Waals surface area contributed by atoms with E-state index in [1.807, 2.05) is 25.8 Å². The molecular formula is C25H31N3O9. The van der Waals surface area contributed by atoms with Crippen LogP contribution in [0.4, 0.5) is 4.79 Å². The van der Waals surface area contributed by atoms with E-state index < -0.39 is 53.0 Å². The van der Waals surface area contributed by atoms with Crippen LogP contribution in [0.2, 0.25) is 0 Å². The molecule has 12 heteroatoms. The average molecular weight is 518 g/mol. The van der Waals surface area contributed by atoms with Gasteiger partial charge in [-0.1, -0.05) is 13.8 Å². The summed E-state index contributed by atoms with van der Waals surface area (Å²) in [5.74, 6) is -5.85. The lowest BCUT2D eigenvalue weighted by molar-refractivity contribution is -0.200. The number of likely N-dealkylation sites (N-methyl/N-ethyl adjacent to an activating group) is 1. The van der Waals surface area contributed by atoms with Crippen molar-refractivity contribution < 1.29 is 43.6 Å². The third-order valence-corrected chi connectivity index (χ3v) is 8.92. The molecule has 6 atom stereocenters. The Bertz CT molecular complexity index is 1200. The Morgan fingerprint density at radius 3 is 2.46 bits per heavy atom. The molecule has 6 aliphatic rings. The van der Waals surface area contributed by atoms with Gasteiger partial charge in [-0.05, 0) is 18.9 Å². The molecule has 6 rings (SSSR count). The zero-order valence-electron chi connectivity index (χ0n) is 21.0. The van der Waals surface area contributed by atoms with Crippen LogP contribution >= 0.6 is 0 Å². The molecule has 0 bridgehead atoms. The first-order valence-electron chi connectivity index (χ1n) is 12.5. The third-order valence-electron chi connectivity index (χ3n) is 8.92. The minimum atomic E-state index is -2.01. The Morgan fingerprint density at radius 1 is 1.16 bits per heavy atom. The van der Waals surface area contributed by atoms with Crippen LogP contribution in [0.3, 0.4) is 0 Å². The molecule has 37 heavy (non-hydrogen) atoms. The van der Waals surface area contributed by atoms with Crippen LogP contribution in [-0.2, 0) is 28.6 Å². The van der Waals surface area contributed by atoms with E-state index in [1.165, 1.54) is 4.90 Å². The summed E-state index contributed by atoms with van der Waals surface area (Å²) in [7, 11) is 1.83. The number of nitrogens with two attached hydrogens (primary N) is 1. The van der Waals surface area contributed by atoms with Gasteiger partial charge in [0.25, 0.3) is 0 Å². The number of aliphatic hydroxyl groups excluding tert-OH is 1. The molecule has 0 aromatic carbocycles. The van der Waals surface area contributed by atoms with Gasteiger partial charge >= 0.3 is 6.09 Å². The van der Waals surface area contributed by atoms with E-state index in [0.717, 1.165) is 0 Å². The van der Waals surface area contributed by atoms with E-state index in [2.05, 4.69) is 0 Å². The number of fused-ring (bicyclic) bond motifs is 4. The number of primary amides is 1. The third kappa shape index (κ3) is 3.16. The Hall–Kier alpha value is -2.80. The van der Waals surface area contributed by atoms with Gasteiger partial charge in [-0.3, -0.25) is 19.3 Å². The van der Waals surface area contributed by atoms with Gasteiger partial charge in [-0.2, -0.15) is 0 Å². The molecule has 0 aromatic heterocycles. The van der Waals surface area contributed by atoms with Gasteiger partial charge in [0, 0.05) is 36.6 Å². The van der Waals surface area contributed by atoms with E-state index in [0.29, 0.717) is 6.54 Å². The fourth-order valence-electron chi connectivity index (χ4n) is 7.23. The standard InChI is InChI=1S/C25H31N3O9/c1-23(2)7-15(29)11(16(30)8-23)6-12-19(31)18-17(21(32)25(12)36-4-5-37-25)13(10-35-22(26)33)24(34)20-14(27(20)3)9-28(18)24/h12-14,20,29,34H,4-10H2,1-3H3,(H2,26,33)/t12?,13-,14-,20-,24+,27?/m0/s1. The molecule has 3 fully saturated rings. The lowest BCUT2D eigenvalue weighted by Crippen LogP contribution is -2.56. The first-order valence-corrected chi connectivity index (χ1v) is 12.5. The van der Waals surface area contributed by atoms with E-state index in [-0.39, 0.29) is 72.9 Å². The Kier molecular flexibility index (Phi) is 5.05. The van der Waals surface area contributed by atoms with Gasteiger partial charge in [0.1, 0.15) is 6.61 Å². The number of piperazine rings is 1. The number of Topliss-reactive ketones (excluding diaryl/α,β-unsaturated/α-hetero) is 3. The maximum Gasteiger partial charge on any atom is 0.404 e. The Balaban J connectivity index is 1.45. The number of hydrogen-bond acceptors (Lipinski definition) is 11. The summed E-state index contributed by atoms with van der Waals surface area (Å²) in [6.07, 6.45) is -0.846. The van der Waals surface area contributed by atoms with Crippen molar-refractivity contribution in [1.29, 1.82) is 0 Å². The van der Waals surface area contributed by atoms with Crippen LogP contribution in [0.1, 0.15) is 33.1 Å². The second-order valence-corrected chi connectivity index (χ2v) is 11.7. The molecule has 0 saturated carbocycles. The predicted octanol–water partition coefficient (Wildman–Crippen LogP) is -0.245. The lowest BCUT2D eigenvalue weighted by atomic mass is 9.70. The highest BCUT2D eigenvalue weighted by Gasteiger charge is 2.76. The summed E-state index contributed by atoms with van der Waals surface area (Å²) in [5.41, 5.74) is 3.21. The van der Waals surface area contributed by atoms with Crippen molar-refractivity contribution in [2.45, 2.75) is 56.7 Å². The smallest absolute Gasteiger partial charge is 0.404 e. The number of ether oxygens (including phenoxy) is 3. The monoisotopic (exact) mass is 517 g/mol. The number of amides is 1. The first-order chi connectivity index (χ1) is 17.3. The summed E-state index contributed by atoms with van der Waals surface area (Å²) in [6, 6.07) is -0.422. The van der Waals surface area contributed by atoms with Crippen molar-refractivity contribution in [2.75, 3.05) is 33.4 Å².